The van der Waals surface area contributed by atoms with Crippen LogP contribution in [-0.2, 0) is 5.54 Å². The van der Waals surface area contributed by atoms with Gasteiger partial charge in [-0.25, -0.2) is 4.39 Å². The van der Waals surface area contributed by atoms with Gasteiger partial charge in [0.05, 0.1) is 6.07 Å². The lowest BCUT2D eigenvalue weighted by Gasteiger charge is -2.25. The molecule has 0 aromatic heterocycles. The van der Waals surface area contributed by atoms with Crippen LogP contribution in [-0.4, -0.2) is 0 Å². The summed E-state index contributed by atoms with van der Waals surface area (Å²) >= 11 is 3.30. The zero-order chi connectivity index (χ0) is 13.9. The molecule has 4 heteroatoms. The second-order valence-corrected chi connectivity index (χ2v) is 5.27. The minimum absolute atomic E-state index is 0.313. The molecule has 0 heterocycles. The number of nitriles is 1. The monoisotopic (exact) mass is 318 g/mol. The number of rotatable bonds is 3. The Balaban J connectivity index is 2.43. The van der Waals surface area contributed by atoms with E-state index in [1.165, 1.54) is 6.07 Å². The van der Waals surface area contributed by atoms with Crippen molar-refractivity contribution in [1.29, 1.82) is 5.26 Å². The van der Waals surface area contributed by atoms with E-state index in [2.05, 4.69) is 27.3 Å². The minimum atomic E-state index is -1.13. The Kier molecular flexibility index (Phi) is 3.87. The van der Waals surface area contributed by atoms with Crippen LogP contribution >= 0.6 is 15.9 Å². The van der Waals surface area contributed by atoms with Crippen molar-refractivity contribution < 1.29 is 4.39 Å². The normalized spacial score (nSPS) is 13.4. The van der Waals surface area contributed by atoms with Gasteiger partial charge in [0.1, 0.15) is 5.82 Å². The topological polar surface area (TPSA) is 35.8 Å². The van der Waals surface area contributed by atoms with E-state index in [-0.39, 0.29) is 0 Å². The molecule has 0 aliphatic carbocycles. The molecule has 2 rings (SSSR count). The molecule has 2 nitrogen and oxygen atoms in total. The van der Waals surface area contributed by atoms with Crippen LogP contribution in [0.5, 0.6) is 0 Å². The third-order valence-electron chi connectivity index (χ3n) is 2.86. The quantitative estimate of drug-likeness (QED) is 0.908. The highest BCUT2D eigenvalue weighted by Gasteiger charge is 2.29. The van der Waals surface area contributed by atoms with Crippen LogP contribution in [0.2, 0.25) is 0 Å². The molecule has 2 aromatic rings. The molecule has 96 valence electrons. The number of anilines is 1. The van der Waals surface area contributed by atoms with Gasteiger partial charge in [-0.15, -0.1) is 0 Å². The zero-order valence-corrected chi connectivity index (χ0v) is 11.9. The maximum atomic E-state index is 13.9. The molecule has 0 amide bonds. The second kappa shape index (κ2) is 5.41. The Morgan fingerprint density at radius 1 is 1.21 bits per heavy atom. The maximum absolute atomic E-state index is 13.9. The lowest BCUT2D eigenvalue weighted by atomic mass is 9.92. The van der Waals surface area contributed by atoms with Crippen LogP contribution in [0.25, 0.3) is 0 Å². The molecular weight excluding hydrogens is 307 g/mol. The molecule has 0 aliphatic heterocycles. The van der Waals surface area contributed by atoms with Crippen LogP contribution in [0.1, 0.15) is 12.5 Å². The fourth-order valence-electron chi connectivity index (χ4n) is 1.85. The Morgan fingerprint density at radius 3 is 2.53 bits per heavy atom. The summed E-state index contributed by atoms with van der Waals surface area (Å²) in [6.07, 6.45) is 0. The van der Waals surface area contributed by atoms with E-state index in [1.807, 2.05) is 30.3 Å². The molecule has 0 radical (unpaired) electrons. The van der Waals surface area contributed by atoms with Gasteiger partial charge in [-0.05, 0) is 37.3 Å². The average Bonchev–Trinajstić information content (AvgIpc) is 2.42. The van der Waals surface area contributed by atoms with Gasteiger partial charge >= 0.3 is 0 Å². The summed E-state index contributed by atoms with van der Waals surface area (Å²) in [5.74, 6) is -0.407. The van der Waals surface area contributed by atoms with Crippen molar-refractivity contribution in [3.63, 3.8) is 0 Å². The molecule has 0 fully saturated rings. The molecule has 1 atom stereocenters. The average molecular weight is 319 g/mol. The standard InChI is InChI=1S/C15H12BrFN2/c1-15(10-18,19-12-5-3-2-4-6-12)13-9-11(16)7-8-14(13)17/h2-9,19H,1H3. The van der Waals surface area contributed by atoms with Gasteiger partial charge in [-0.1, -0.05) is 34.1 Å². The summed E-state index contributed by atoms with van der Waals surface area (Å²) in [6.45, 7) is 1.66. The fourth-order valence-corrected chi connectivity index (χ4v) is 2.21. The van der Waals surface area contributed by atoms with Gasteiger partial charge in [-0.3, -0.25) is 0 Å². The first-order valence-electron chi connectivity index (χ1n) is 5.75. The summed E-state index contributed by atoms with van der Waals surface area (Å²) in [4.78, 5) is 0. The van der Waals surface area contributed by atoms with E-state index in [4.69, 9.17) is 0 Å². The predicted molar refractivity (Wildman–Crippen MR) is 77.1 cm³/mol. The summed E-state index contributed by atoms with van der Waals surface area (Å²) in [6, 6.07) is 16.0. The molecule has 0 saturated carbocycles. The summed E-state index contributed by atoms with van der Waals surface area (Å²) in [5.41, 5.74) is -0.0472. The van der Waals surface area contributed by atoms with Gasteiger partial charge in [0.2, 0.25) is 0 Å². The van der Waals surface area contributed by atoms with E-state index in [9.17, 15) is 9.65 Å². The van der Waals surface area contributed by atoms with Gasteiger partial charge in [0.25, 0.3) is 0 Å². The molecule has 0 saturated heterocycles. The van der Waals surface area contributed by atoms with Crippen molar-refractivity contribution >= 4 is 21.6 Å². The van der Waals surface area contributed by atoms with Crippen molar-refractivity contribution in [2.75, 3.05) is 5.32 Å². The first kappa shape index (κ1) is 13.6. The van der Waals surface area contributed by atoms with Crippen molar-refractivity contribution in [2.45, 2.75) is 12.5 Å². The summed E-state index contributed by atoms with van der Waals surface area (Å²) < 4.78 is 14.7. The highest BCUT2D eigenvalue weighted by Crippen LogP contribution is 2.29. The van der Waals surface area contributed by atoms with Gasteiger partial charge in [0, 0.05) is 15.7 Å². The van der Waals surface area contributed by atoms with Crippen LogP contribution in [0.4, 0.5) is 10.1 Å². The Hall–Kier alpha value is -1.86. The molecular formula is C15H12BrFN2. The molecule has 0 bridgehead atoms. The SMILES string of the molecule is CC(C#N)(Nc1ccccc1)c1cc(Br)ccc1F. The molecule has 0 aliphatic rings. The Bertz CT molecular complexity index is 622. The summed E-state index contributed by atoms with van der Waals surface area (Å²) in [7, 11) is 0. The number of nitrogens with one attached hydrogen (secondary N) is 1. The lowest BCUT2D eigenvalue weighted by molar-refractivity contribution is 0.570. The van der Waals surface area contributed by atoms with Crippen molar-refractivity contribution in [1.82, 2.24) is 0 Å². The van der Waals surface area contributed by atoms with Crippen LogP contribution < -0.4 is 5.32 Å². The first-order valence-corrected chi connectivity index (χ1v) is 6.54. The number of para-hydroxylation sites is 1. The minimum Gasteiger partial charge on any atom is -0.364 e. The number of hydrogen-bond donors (Lipinski definition) is 1. The van der Waals surface area contributed by atoms with E-state index in [0.29, 0.717) is 5.56 Å². The van der Waals surface area contributed by atoms with E-state index in [1.54, 1.807) is 19.1 Å². The third kappa shape index (κ3) is 2.94. The highest BCUT2D eigenvalue weighted by atomic mass is 79.9. The van der Waals surface area contributed by atoms with Gasteiger partial charge in [0.15, 0.2) is 5.54 Å². The van der Waals surface area contributed by atoms with E-state index in [0.717, 1.165) is 10.2 Å². The van der Waals surface area contributed by atoms with Gasteiger partial charge in [-0.2, -0.15) is 5.26 Å². The largest absolute Gasteiger partial charge is 0.364 e. The zero-order valence-electron chi connectivity index (χ0n) is 10.3. The Morgan fingerprint density at radius 2 is 1.89 bits per heavy atom. The van der Waals surface area contributed by atoms with E-state index >= 15 is 0 Å². The predicted octanol–water partition coefficient (Wildman–Crippen LogP) is 4.44. The molecule has 0 spiro atoms. The number of halogens is 2. The Labute approximate surface area is 120 Å². The highest BCUT2D eigenvalue weighted by molar-refractivity contribution is 9.10. The van der Waals surface area contributed by atoms with Crippen molar-refractivity contribution in [3.8, 4) is 6.07 Å². The molecule has 1 N–H and O–H groups in total. The van der Waals surface area contributed by atoms with Crippen LogP contribution in [0.15, 0.2) is 53.0 Å². The maximum Gasteiger partial charge on any atom is 0.151 e. The molecule has 19 heavy (non-hydrogen) atoms. The third-order valence-corrected chi connectivity index (χ3v) is 3.35. The number of benzene rings is 2. The second-order valence-electron chi connectivity index (χ2n) is 4.35. The smallest absolute Gasteiger partial charge is 0.151 e. The van der Waals surface area contributed by atoms with Gasteiger partial charge < -0.3 is 5.32 Å². The molecule has 1 unspecified atom stereocenters. The fraction of sp³-hybridized carbons (Fsp3) is 0.133. The number of hydrogen-bond acceptors (Lipinski definition) is 2. The molecule has 2 aromatic carbocycles. The van der Waals surface area contributed by atoms with Crippen LogP contribution in [0, 0.1) is 17.1 Å². The van der Waals surface area contributed by atoms with Crippen molar-refractivity contribution in [3.05, 3.63) is 64.4 Å². The van der Waals surface area contributed by atoms with E-state index < -0.39 is 11.4 Å². The summed E-state index contributed by atoms with van der Waals surface area (Å²) in [5, 5.41) is 12.5. The first-order chi connectivity index (χ1) is 9.05. The lowest BCUT2D eigenvalue weighted by Crippen LogP contribution is -2.31. The van der Waals surface area contributed by atoms with Crippen LogP contribution in [0.3, 0.4) is 0 Å². The number of nitrogens with zero attached hydrogens (tertiary/aromatic N) is 1. The van der Waals surface area contributed by atoms with Crippen molar-refractivity contribution in [2.24, 2.45) is 0 Å².